The maximum Gasteiger partial charge on any atom is 0.282 e. The zero-order valence-corrected chi connectivity index (χ0v) is 21.9. The second kappa shape index (κ2) is 10.1. The molecule has 2 N–H and O–H groups in total. The molecule has 0 amide bonds. The van der Waals surface area contributed by atoms with E-state index < -0.39 is 10.2 Å². The molecule has 194 valence electrons. The Balaban J connectivity index is 1.18. The van der Waals surface area contributed by atoms with Gasteiger partial charge >= 0.3 is 0 Å². The smallest absolute Gasteiger partial charge is 0.282 e. The first kappa shape index (κ1) is 24.5. The second-order valence-electron chi connectivity index (χ2n) is 8.83. The molecule has 2 aromatic carbocycles. The molecule has 1 aliphatic rings. The molecule has 10 nitrogen and oxygen atoms in total. The Bertz CT molecular complexity index is 1690. The predicted octanol–water partition coefficient (Wildman–Crippen LogP) is 3.70. The Kier molecular flexibility index (Phi) is 6.54. The van der Waals surface area contributed by atoms with Gasteiger partial charge < -0.3 is 10.4 Å². The Labute approximate surface area is 224 Å². The summed E-state index contributed by atoms with van der Waals surface area (Å²) in [5.41, 5.74) is 3.90. The van der Waals surface area contributed by atoms with Crippen molar-refractivity contribution < 1.29 is 13.5 Å². The molecular weight excluding hydrogens is 522 g/mol. The van der Waals surface area contributed by atoms with Gasteiger partial charge in [0.2, 0.25) is 5.95 Å². The van der Waals surface area contributed by atoms with E-state index in [4.69, 9.17) is 9.97 Å². The molecule has 4 heterocycles. The van der Waals surface area contributed by atoms with Gasteiger partial charge in [-0.2, -0.15) is 17.0 Å². The Morgan fingerprint density at radius 2 is 1.84 bits per heavy atom. The maximum absolute atomic E-state index is 13.0. The molecule has 0 atom stereocenters. The topological polar surface area (TPSA) is 116 Å². The molecule has 5 aromatic rings. The molecule has 0 radical (unpaired) electrons. The molecule has 1 aliphatic heterocycles. The number of nitrogens with zero attached hydrogens (tertiary/aromatic N) is 6. The van der Waals surface area contributed by atoms with E-state index in [1.54, 1.807) is 24.4 Å². The van der Waals surface area contributed by atoms with Crippen LogP contribution in [0, 0.1) is 0 Å². The van der Waals surface area contributed by atoms with E-state index in [1.165, 1.54) is 19.9 Å². The summed E-state index contributed by atoms with van der Waals surface area (Å²) in [6, 6.07) is 18.4. The lowest BCUT2D eigenvalue weighted by Gasteiger charge is -2.19. The summed E-state index contributed by atoms with van der Waals surface area (Å²) in [5.74, 6) is 0.557. The van der Waals surface area contributed by atoms with Crippen molar-refractivity contribution in [3.8, 4) is 28.4 Å². The first-order valence-electron chi connectivity index (χ1n) is 12.1. The highest BCUT2D eigenvalue weighted by Gasteiger charge is 2.35. The minimum absolute atomic E-state index is 0.161. The monoisotopic (exact) mass is 547 g/mol. The number of aromatic hydroxyl groups is 1. The van der Waals surface area contributed by atoms with Crippen LogP contribution in [0.15, 0.2) is 78.4 Å². The lowest BCUT2D eigenvalue weighted by atomic mass is 10.1. The molecule has 1 saturated heterocycles. The summed E-state index contributed by atoms with van der Waals surface area (Å²) in [6.07, 6.45) is 3.60. The van der Waals surface area contributed by atoms with Crippen molar-refractivity contribution in [2.45, 2.75) is 6.54 Å². The Morgan fingerprint density at radius 1 is 1.00 bits per heavy atom. The molecule has 0 spiro atoms. The van der Waals surface area contributed by atoms with Crippen LogP contribution in [0.25, 0.3) is 27.6 Å². The third kappa shape index (κ3) is 4.74. The van der Waals surface area contributed by atoms with Gasteiger partial charge in [-0.05, 0) is 23.8 Å². The Morgan fingerprint density at radius 3 is 2.68 bits per heavy atom. The number of benzene rings is 2. The highest BCUT2D eigenvalue weighted by Crippen LogP contribution is 2.34. The minimum atomic E-state index is -3.53. The summed E-state index contributed by atoms with van der Waals surface area (Å²) in [4.78, 5) is 14.6. The fourth-order valence-corrected chi connectivity index (χ4v) is 6.84. The zero-order valence-electron chi connectivity index (χ0n) is 20.3. The minimum Gasteiger partial charge on any atom is -0.508 e. The molecule has 1 fully saturated rings. The molecule has 0 unspecified atom stereocenters. The van der Waals surface area contributed by atoms with Gasteiger partial charge in [0, 0.05) is 56.1 Å². The number of hydrogen-bond acceptors (Lipinski definition) is 8. The summed E-state index contributed by atoms with van der Waals surface area (Å²) >= 11 is 1.51. The third-order valence-electron chi connectivity index (χ3n) is 6.38. The van der Waals surface area contributed by atoms with E-state index in [9.17, 15) is 13.5 Å². The summed E-state index contributed by atoms with van der Waals surface area (Å²) in [7, 11) is -3.53. The highest BCUT2D eigenvalue weighted by molar-refractivity contribution is 7.87. The van der Waals surface area contributed by atoms with Crippen LogP contribution in [0.2, 0.25) is 0 Å². The molecular formula is C26H25N7O3S2. The van der Waals surface area contributed by atoms with Crippen molar-refractivity contribution in [3.63, 3.8) is 0 Å². The van der Waals surface area contributed by atoms with Gasteiger partial charge in [0.15, 0.2) is 4.96 Å². The Hall–Kier alpha value is -3.84. The first-order chi connectivity index (χ1) is 18.5. The summed E-state index contributed by atoms with van der Waals surface area (Å²) < 4.78 is 31.0. The highest BCUT2D eigenvalue weighted by atomic mass is 32.2. The van der Waals surface area contributed by atoms with Crippen molar-refractivity contribution in [2.75, 3.05) is 31.5 Å². The average Bonchev–Trinajstić information content (AvgIpc) is 3.59. The first-order valence-corrected chi connectivity index (χ1v) is 14.4. The number of imidazole rings is 1. The van der Waals surface area contributed by atoms with E-state index in [-0.39, 0.29) is 5.75 Å². The number of nitrogens with one attached hydrogen (secondary N) is 1. The number of phenolic OH excluding ortho intramolecular Hbond substituents is 1. The normalized spacial score (nSPS) is 15.8. The second-order valence-corrected chi connectivity index (χ2v) is 11.6. The molecule has 3 aromatic heterocycles. The SMILES string of the molecule is O=S1(=O)N(CCNc2nccc(-c3c(-c4cccc(O)c4)nc4sccn34)n2)CCN1Cc1ccccc1. The maximum atomic E-state index is 13.0. The van der Waals surface area contributed by atoms with Crippen molar-refractivity contribution in [2.24, 2.45) is 0 Å². The van der Waals surface area contributed by atoms with Crippen LogP contribution in [-0.2, 0) is 16.8 Å². The lowest BCUT2D eigenvalue weighted by Crippen LogP contribution is -2.35. The molecule has 6 rings (SSSR count). The summed E-state index contributed by atoms with van der Waals surface area (Å²) in [5, 5.41) is 15.1. The summed E-state index contributed by atoms with van der Waals surface area (Å²) in [6.45, 7) is 1.93. The third-order valence-corrected chi connectivity index (χ3v) is 9.12. The van der Waals surface area contributed by atoms with E-state index >= 15 is 0 Å². The van der Waals surface area contributed by atoms with Crippen LogP contribution in [0.3, 0.4) is 0 Å². The largest absolute Gasteiger partial charge is 0.508 e. The van der Waals surface area contributed by atoms with Crippen molar-refractivity contribution >= 4 is 32.5 Å². The fourth-order valence-electron chi connectivity index (χ4n) is 4.55. The predicted molar refractivity (Wildman–Crippen MR) is 147 cm³/mol. The van der Waals surface area contributed by atoms with Crippen molar-refractivity contribution in [1.29, 1.82) is 0 Å². The van der Waals surface area contributed by atoms with Gasteiger partial charge in [0.05, 0.1) is 11.4 Å². The number of anilines is 1. The molecule has 38 heavy (non-hydrogen) atoms. The average molecular weight is 548 g/mol. The van der Waals surface area contributed by atoms with Crippen LogP contribution in [0.4, 0.5) is 5.95 Å². The van der Waals surface area contributed by atoms with Crippen molar-refractivity contribution in [3.05, 3.63) is 84.0 Å². The van der Waals surface area contributed by atoms with Gasteiger partial charge in [0.25, 0.3) is 10.2 Å². The van der Waals surface area contributed by atoms with Crippen LogP contribution < -0.4 is 5.32 Å². The van der Waals surface area contributed by atoms with E-state index in [2.05, 4.69) is 10.3 Å². The van der Waals surface area contributed by atoms with Gasteiger partial charge in [-0.3, -0.25) is 4.40 Å². The fraction of sp³-hybridized carbons (Fsp3) is 0.192. The molecule has 12 heteroatoms. The number of hydrogen-bond donors (Lipinski definition) is 2. The molecule has 0 aliphatic carbocycles. The van der Waals surface area contributed by atoms with Crippen LogP contribution in [0.1, 0.15) is 5.56 Å². The van der Waals surface area contributed by atoms with E-state index in [1.807, 2.05) is 58.4 Å². The number of rotatable bonds is 8. The van der Waals surface area contributed by atoms with Gasteiger partial charge in [-0.1, -0.05) is 42.5 Å². The van der Waals surface area contributed by atoms with E-state index in [0.29, 0.717) is 50.1 Å². The van der Waals surface area contributed by atoms with Crippen molar-refractivity contribution in [1.82, 2.24) is 28.0 Å². The number of fused-ring (bicyclic) bond motifs is 1. The van der Waals surface area contributed by atoms with E-state index in [0.717, 1.165) is 21.8 Å². The number of thiazole rings is 1. The molecule has 0 saturated carbocycles. The zero-order chi connectivity index (χ0) is 26.1. The van der Waals surface area contributed by atoms with Crippen LogP contribution >= 0.6 is 11.3 Å². The number of phenols is 1. The number of aromatic nitrogens is 4. The molecule has 0 bridgehead atoms. The van der Waals surface area contributed by atoms with Crippen LogP contribution in [0.5, 0.6) is 5.75 Å². The quantitative estimate of drug-likeness (QED) is 0.304. The lowest BCUT2D eigenvalue weighted by molar-refractivity contribution is 0.442. The van der Waals surface area contributed by atoms with Gasteiger partial charge in [-0.25, -0.2) is 15.0 Å². The standard InChI is InChI=1S/C26H25N7O3S2/c34-21-8-4-7-20(17-21)23-24(33-15-16-37-26(33)30-23)22-9-10-27-25(29-22)28-11-12-31-13-14-32(38(31,35)36)18-19-5-2-1-3-6-19/h1-10,15-17,34H,11-14,18H2,(H,27,28,29). The van der Waals surface area contributed by atoms with Gasteiger partial charge in [-0.15, -0.1) is 11.3 Å². The van der Waals surface area contributed by atoms with Gasteiger partial charge in [0.1, 0.15) is 11.4 Å². The van der Waals surface area contributed by atoms with Crippen LogP contribution in [-0.4, -0.2) is 67.7 Å².